The Hall–Kier alpha value is -0.770. The molecule has 1 aromatic rings. The molecule has 0 spiro atoms. The van der Waals surface area contributed by atoms with E-state index in [-0.39, 0.29) is 6.04 Å². The number of rotatable bonds is 4. The Morgan fingerprint density at radius 1 is 1.44 bits per heavy atom. The van der Waals surface area contributed by atoms with Gasteiger partial charge in [-0.05, 0) is 44.0 Å². The van der Waals surface area contributed by atoms with Gasteiger partial charge in [0.15, 0.2) is 0 Å². The lowest BCUT2D eigenvalue weighted by Gasteiger charge is -2.20. The summed E-state index contributed by atoms with van der Waals surface area (Å²) >= 11 is 6.21. The smallest absolute Gasteiger partial charge is 0.124 e. The molecule has 4 heteroatoms. The molecule has 16 heavy (non-hydrogen) atoms. The molecule has 1 unspecified atom stereocenters. The number of hydrogen-bond acceptors (Lipinski definition) is 3. The molecule has 0 saturated heterocycles. The number of nitrogens with two attached hydrogens (primary N) is 2. The molecule has 0 aliphatic carbocycles. The first-order valence-electron chi connectivity index (χ1n) is 5.32. The highest BCUT2D eigenvalue weighted by Crippen LogP contribution is 2.35. The SMILES string of the molecule is COc1cc(C)c(Cl)c(C)c1C(N)CCN. The molecule has 0 aliphatic rings. The van der Waals surface area contributed by atoms with Crippen LogP contribution in [-0.4, -0.2) is 13.7 Å². The minimum absolute atomic E-state index is 0.127. The Balaban J connectivity index is 3.29. The summed E-state index contributed by atoms with van der Waals surface area (Å²) in [6.45, 7) is 4.47. The van der Waals surface area contributed by atoms with Crippen LogP contribution in [0.5, 0.6) is 5.75 Å². The van der Waals surface area contributed by atoms with Crippen LogP contribution in [0.1, 0.15) is 29.2 Å². The summed E-state index contributed by atoms with van der Waals surface area (Å²) in [4.78, 5) is 0. The van der Waals surface area contributed by atoms with Gasteiger partial charge in [0.1, 0.15) is 5.75 Å². The lowest BCUT2D eigenvalue weighted by molar-refractivity contribution is 0.403. The van der Waals surface area contributed by atoms with Gasteiger partial charge in [0.2, 0.25) is 0 Å². The lowest BCUT2D eigenvalue weighted by Crippen LogP contribution is -2.17. The minimum Gasteiger partial charge on any atom is -0.496 e. The maximum Gasteiger partial charge on any atom is 0.124 e. The summed E-state index contributed by atoms with van der Waals surface area (Å²) in [5, 5.41) is 0.753. The average Bonchev–Trinajstić information content (AvgIpc) is 2.25. The first-order valence-corrected chi connectivity index (χ1v) is 5.70. The van der Waals surface area contributed by atoms with Crippen molar-refractivity contribution in [3.05, 3.63) is 27.8 Å². The summed E-state index contributed by atoms with van der Waals surface area (Å²) in [5.41, 5.74) is 14.6. The van der Waals surface area contributed by atoms with Crippen LogP contribution in [0, 0.1) is 13.8 Å². The molecule has 0 radical (unpaired) electrons. The summed E-state index contributed by atoms with van der Waals surface area (Å²) in [6, 6.07) is 1.79. The molecule has 1 atom stereocenters. The van der Waals surface area contributed by atoms with Crippen molar-refractivity contribution in [2.75, 3.05) is 13.7 Å². The van der Waals surface area contributed by atoms with E-state index in [0.717, 1.165) is 33.9 Å². The molecular formula is C12H19ClN2O. The van der Waals surface area contributed by atoms with Gasteiger partial charge in [-0.1, -0.05) is 11.6 Å². The molecule has 4 N–H and O–H groups in total. The second kappa shape index (κ2) is 5.53. The number of halogens is 1. The van der Waals surface area contributed by atoms with Crippen LogP contribution in [0.4, 0.5) is 0 Å². The number of benzene rings is 1. The largest absolute Gasteiger partial charge is 0.496 e. The predicted molar refractivity (Wildman–Crippen MR) is 68.1 cm³/mol. The van der Waals surface area contributed by atoms with Gasteiger partial charge in [-0.3, -0.25) is 0 Å². The normalized spacial score (nSPS) is 12.6. The van der Waals surface area contributed by atoms with E-state index < -0.39 is 0 Å². The Morgan fingerprint density at radius 2 is 2.06 bits per heavy atom. The van der Waals surface area contributed by atoms with Crippen molar-refractivity contribution in [3.63, 3.8) is 0 Å². The van der Waals surface area contributed by atoms with Gasteiger partial charge in [0, 0.05) is 16.6 Å². The van der Waals surface area contributed by atoms with E-state index in [9.17, 15) is 0 Å². The third-order valence-electron chi connectivity index (χ3n) is 2.76. The topological polar surface area (TPSA) is 61.3 Å². The Labute approximate surface area is 102 Å². The predicted octanol–water partition coefficient (Wildman–Crippen LogP) is 2.31. The summed E-state index contributed by atoms with van der Waals surface area (Å²) in [6.07, 6.45) is 0.719. The monoisotopic (exact) mass is 242 g/mol. The highest BCUT2D eigenvalue weighted by molar-refractivity contribution is 6.32. The van der Waals surface area contributed by atoms with Crippen LogP contribution >= 0.6 is 11.6 Å². The van der Waals surface area contributed by atoms with Crippen molar-refractivity contribution in [2.45, 2.75) is 26.3 Å². The van der Waals surface area contributed by atoms with Crippen LogP contribution in [0.2, 0.25) is 5.02 Å². The maximum atomic E-state index is 6.21. The third kappa shape index (κ3) is 2.48. The van der Waals surface area contributed by atoms with E-state index in [4.69, 9.17) is 27.8 Å². The second-order valence-corrected chi connectivity index (χ2v) is 4.31. The molecule has 90 valence electrons. The van der Waals surface area contributed by atoms with Gasteiger partial charge < -0.3 is 16.2 Å². The molecule has 0 saturated carbocycles. The highest BCUT2D eigenvalue weighted by atomic mass is 35.5. The summed E-state index contributed by atoms with van der Waals surface area (Å²) < 4.78 is 5.35. The Kier molecular flexibility index (Phi) is 4.59. The molecule has 0 bridgehead atoms. The zero-order valence-electron chi connectivity index (χ0n) is 10.0. The van der Waals surface area contributed by atoms with Crippen molar-refractivity contribution in [1.29, 1.82) is 0 Å². The minimum atomic E-state index is -0.127. The summed E-state index contributed by atoms with van der Waals surface area (Å²) in [7, 11) is 1.64. The van der Waals surface area contributed by atoms with Crippen LogP contribution in [-0.2, 0) is 0 Å². The number of aryl methyl sites for hydroxylation is 1. The van der Waals surface area contributed by atoms with E-state index in [2.05, 4.69) is 0 Å². The Morgan fingerprint density at radius 3 is 2.56 bits per heavy atom. The third-order valence-corrected chi connectivity index (χ3v) is 3.34. The maximum absolute atomic E-state index is 6.21. The van der Waals surface area contributed by atoms with Crippen molar-refractivity contribution < 1.29 is 4.74 Å². The quantitative estimate of drug-likeness (QED) is 0.852. The van der Waals surface area contributed by atoms with E-state index >= 15 is 0 Å². The summed E-state index contributed by atoms with van der Waals surface area (Å²) in [5.74, 6) is 0.792. The van der Waals surface area contributed by atoms with Gasteiger partial charge in [-0.2, -0.15) is 0 Å². The molecule has 0 aliphatic heterocycles. The zero-order chi connectivity index (χ0) is 12.3. The average molecular weight is 243 g/mol. The highest BCUT2D eigenvalue weighted by Gasteiger charge is 2.17. The van der Waals surface area contributed by atoms with Gasteiger partial charge in [-0.15, -0.1) is 0 Å². The van der Waals surface area contributed by atoms with Crippen LogP contribution in [0.25, 0.3) is 0 Å². The molecule has 0 amide bonds. The first-order chi connectivity index (χ1) is 7.52. The molecule has 1 aromatic carbocycles. The van der Waals surface area contributed by atoms with Gasteiger partial charge in [-0.25, -0.2) is 0 Å². The van der Waals surface area contributed by atoms with Crippen molar-refractivity contribution in [3.8, 4) is 5.75 Å². The van der Waals surface area contributed by atoms with Crippen molar-refractivity contribution >= 4 is 11.6 Å². The molecule has 0 fully saturated rings. The molecule has 1 rings (SSSR count). The fourth-order valence-electron chi connectivity index (χ4n) is 1.89. The first kappa shape index (κ1) is 13.3. The van der Waals surface area contributed by atoms with Crippen LogP contribution in [0.15, 0.2) is 6.07 Å². The lowest BCUT2D eigenvalue weighted by atomic mass is 9.96. The fraction of sp³-hybridized carbons (Fsp3) is 0.500. The van der Waals surface area contributed by atoms with Crippen LogP contribution in [0.3, 0.4) is 0 Å². The van der Waals surface area contributed by atoms with E-state index in [1.807, 2.05) is 19.9 Å². The van der Waals surface area contributed by atoms with E-state index in [1.165, 1.54) is 0 Å². The van der Waals surface area contributed by atoms with Gasteiger partial charge >= 0.3 is 0 Å². The standard InChI is InChI=1S/C12H19ClN2O/c1-7-6-10(16-3)11(8(2)12(7)13)9(15)4-5-14/h6,9H,4-5,14-15H2,1-3H3. The molecular weight excluding hydrogens is 224 g/mol. The molecule has 0 heterocycles. The second-order valence-electron chi connectivity index (χ2n) is 3.93. The van der Waals surface area contributed by atoms with Gasteiger partial charge in [0.25, 0.3) is 0 Å². The zero-order valence-corrected chi connectivity index (χ0v) is 10.8. The van der Waals surface area contributed by atoms with E-state index in [1.54, 1.807) is 7.11 Å². The van der Waals surface area contributed by atoms with Crippen molar-refractivity contribution in [1.82, 2.24) is 0 Å². The number of methoxy groups -OCH3 is 1. The van der Waals surface area contributed by atoms with Gasteiger partial charge in [0.05, 0.1) is 7.11 Å². The van der Waals surface area contributed by atoms with E-state index in [0.29, 0.717) is 6.54 Å². The molecule has 3 nitrogen and oxygen atoms in total. The Bertz CT molecular complexity index is 380. The van der Waals surface area contributed by atoms with Crippen LogP contribution < -0.4 is 16.2 Å². The number of ether oxygens (including phenoxy) is 1. The number of hydrogen-bond donors (Lipinski definition) is 2. The fourth-order valence-corrected chi connectivity index (χ4v) is 2.05. The van der Waals surface area contributed by atoms with Crippen molar-refractivity contribution in [2.24, 2.45) is 11.5 Å². The molecule has 0 aromatic heterocycles.